The number of hydrogen-bond acceptors (Lipinski definition) is 16. The van der Waals surface area contributed by atoms with Gasteiger partial charge in [0.25, 0.3) is 0 Å². The highest BCUT2D eigenvalue weighted by Gasteiger charge is 2.26. The molecule has 8 heterocycles. The number of thiophene rings is 8. The number of benzene rings is 6. The van der Waals surface area contributed by atoms with Gasteiger partial charge in [0.1, 0.15) is 10.7 Å². The van der Waals surface area contributed by atoms with Crippen molar-refractivity contribution in [1.82, 2.24) is 0 Å². The predicted molar refractivity (Wildman–Crippen MR) is 413 cm³/mol. The van der Waals surface area contributed by atoms with Gasteiger partial charge in [-0.25, -0.2) is 0 Å². The molecule has 8 aromatic heterocycles. The molecule has 0 atom stereocenters. The fourth-order valence-corrected chi connectivity index (χ4v) is 21.6. The van der Waals surface area contributed by atoms with Crippen LogP contribution in [0.1, 0.15) is 30.6 Å². The topological polar surface area (TPSA) is 97.6 Å². The summed E-state index contributed by atoms with van der Waals surface area (Å²) in [5, 5.41) is 38.9. The molecule has 18 aromatic rings. The minimum Gasteiger partial charge on any atom is -0.278 e. The SMILES string of the molecule is Cc1ccc(-c2cc3/c(=N\Nc4ccccc4)c4c(C)c5c(c(C)c4c3s2)/c(=N/Nc2ccccc2)c2cc(-c3ccc(C)s3)sc25)s1.Cc1ccc(-c2cc3/c(=N\Nc4ccccc4)c4cc5c(cc4c3s2)/c(=N/Nc2ccccc2)c2cc(-c3ccc(C)s3)sc25)s1. The second kappa shape index (κ2) is 24.0. The lowest BCUT2D eigenvalue weighted by Crippen LogP contribution is -2.07. The Morgan fingerprint density at radius 3 is 0.766 bits per heavy atom. The molecule has 456 valence electrons. The van der Waals surface area contributed by atoms with Crippen LogP contribution in [-0.4, -0.2) is 0 Å². The van der Waals surface area contributed by atoms with Gasteiger partial charge >= 0.3 is 0 Å². The third-order valence-corrected chi connectivity index (χ3v) is 26.7. The third-order valence-electron chi connectivity index (χ3n) is 17.2. The van der Waals surface area contributed by atoms with Gasteiger partial charge in [-0.3, -0.25) is 21.7 Å². The molecule has 16 heteroatoms. The summed E-state index contributed by atoms with van der Waals surface area (Å²) in [6.07, 6.45) is 0. The van der Waals surface area contributed by atoms with Crippen molar-refractivity contribution in [2.75, 3.05) is 21.7 Å². The predicted octanol–water partition coefficient (Wildman–Crippen LogP) is 23.1. The van der Waals surface area contributed by atoms with Gasteiger partial charge in [0.2, 0.25) is 0 Å². The maximum absolute atomic E-state index is 5.16. The molecule has 0 spiro atoms. The average Bonchev–Trinajstić information content (AvgIpc) is 1.54. The van der Waals surface area contributed by atoms with Crippen molar-refractivity contribution in [3.05, 3.63) is 258 Å². The maximum Gasteiger partial charge on any atom is 0.100 e. The standard InChI is InChI=1S/C40H30N4S4.C38H26N4S4/c1-21-15-17-29(45-21)31-19-27-37(43-41-25-11-7-5-8-12-25)33-24(4)36-34(23(3)35(33)39(27)47-31)38(44-42-26-13-9-6-10-14-26)28-20-32(48-40(28)36)30-18-16-22(2)46-30;1-21-13-15-31(43-21)33-19-29-35(41-39-23-9-5-3-6-10-23)25-18-28-26(17-27(25)37(29)45-33)36(42-40-24-11-7-4-8-12-24)30-20-34(46-38(28)30)32-16-14-22(2)44-32/h5-20,41-42H,1-4H3;3-20,39-40H,1-2H3/b43-37+,44-38+;41-35-,42-36-. The number of anilines is 4. The minimum atomic E-state index is 0.966. The highest BCUT2D eigenvalue weighted by molar-refractivity contribution is 7.29. The molecule has 0 fully saturated rings. The number of nitrogens with zero attached hydrogens (tertiary/aromatic N) is 4. The van der Waals surface area contributed by atoms with Gasteiger partial charge in [0.05, 0.1) is 33.5 Å². The second-order valence-electron chi connectivity index (χ2n) is 23.5. The van der Waals surface area contributed by atoms with Crippen LogP contribution in [0.2, 0.25) is 0 Å². The Bertz CT molecular complexity index is 5810. The fourth-order valence-electron chi connectivity index (χ4n) is 12.9. The molecule has 0 saturated heterocycles. The molecule has 0 bridgehead atoms. The van der Waals surface area contributed by atoms with Gasteiger partial charge in [0, 0.05) is 142 Å². The highest BCUT2D eigenvalue weighted by Crippen LogP contribution is 2.49. The van der Waals surface area contributed by atoms with Crippen LogP contribution in [0, 0.1) is 41.5 Å². The van der Waals surface area contributed by atoms with Crippen LogP contribution >= 0.6 is 90.7 Å². The molecular weight excluding hydrogens is 1310 g/mol. The summed E-state index contributed by atoms with van der Waals surface area (Å²) >= 11 is 14.8. The summed E-state index contributed by atoms with van der Waals surface area (Å²) in [4.78, 5) is 15.6. The van der Waals surface area contributed by atoms with Gasteiger partial charge in [0.15, 0.2) is 0 Å². The number of rotatable bonds is 12. The zero-order valence-electron chi connectivity index (χ0n) is 51.7. The Labute approximate surface area is 572 Å². The van der Waals surface area contributed by atoms with Gasteiger partial charge in [-0.1, -0.05) is 72.8 Å². The molecule has 0 aliphatic heterocycles. The van der Waals surface area contributed by atoms with E-state index in [1.54, 1.807) is 0 Å². The summed E-state index contributed by atoms with van der Waals surface area (Å²) in [6, 6.07) is 72.6. The summed E-state index contributed by atoms with van der Waals surface area (Å²) < 4.78 is 5.08. The molecule has 0 unspecified atom stereocenters. The van der Waals surface area contributed by atoms with E-state index < -0.39 is 0 Å². The number of para-hydroxylation sites is 4. The molecule has 18 rings (SSSR count). The van der Waals surface area contributed by atoms with Crippen LogP contribution in [0.15, 0.2) is 227 Å². The molecule has 0 amide bonds. The van der Waals surface area contributed by atoms with Crippen LogP contribution in [0.3, 0.4) is 0 Å². The molecule has 0 aliphatic carbocycles. The summed E-state index contributed by atoms with van der Waals surface area (Å²) in [5.41, 5.74) is 19.9. The van der Waals surface area contributed by atoms with Gasteiger partial charge in [-0.15, -0.1) is 90.7 Å². The van der Waals surface area contributed by atoms with E-state index in [0.717, 1.165) is 55.0 Å². The first-order valence-electron chi connectivity index (χ1n) is 30.8. The molecule has 0 aliphatic rings. The number of aryl methyl sites for hydroxylation is 6. The van der Waals surface area contributed by atoms with E-state index >= 15 is 0 Å². The van der Waals surface area contributed by atoms with Crippen molar-refractivity contribution in [2.45, 2.75) is 41.5 Å². The van der Waals surface area contributed by atoms with Crippen molar-refractivity contribution in [2.24, 2.45) is 20.4 Å². The molecule has 0 radical (unpaired) electrons. The van der Waals surface area contributed by atoms with Crippen molar-refractivity contribution >= 4 is 197 Å². The number of fused-ring (bicyclic) bond motifs is 12. The summed E-state index contributed by atoms with van der Waals surface area (Å²) in [6.45, 7) is 13.2. The number of nitrogens with one attached hydrogen (secondary N) is 4. The molecule has 94 heavy (non-hydrogen) atoms. The smallest absolute Gasteiger partial charge is 0.100 e. The monoisotopic (exact) mass is 1360 g/mol. The maximum atomic E-state index is 5.16. The Balaban J connectivity index is 0.000000143. The first-order chi connectivity index (χ1) is 46.0. The quantitative estimate of drug-likeness (QED) is 0.0916. The molecule has 10 aromatic carbocycles. The Morgan fingerprint density at radius 2 is 0.489 bits per heavy atom. The molecule has 8 nitrogen and oxygen atoms in total. The fraction of sp³-hybridized carbons (Fsp3) is 0.0769. The van der Waals surface area contributed by atoms with E-state index in [0.29, 0.717) is 0 Å². The third kappa shape index (κ3) is 10.4. The first-order valence-corrected chi connectivity index (χ1v) is 37.3. The zero-order chi connectivity index (χ0) is 63.3. The molecule has 4 N–H and O–H groups in total. The van der Waals surface area contributed by atoms with E-state index in [2.05, 4.69) is 172 Å². The van der Waals surface area contributed by atoms with E-state index in [1.165, 1.54) is 142 Å². The first kappa shape index (κ1) is 58.6. The van der Waals surface area contributed by atoms with E-state index in [4.69, 9.17) is 20.4 Å². The van der Waals surface area contributed by atoms with E-state index in [1.807, 2.05) is 188 Å². The Hall–Kier alpha value is -9.20. The Morgan fingerprint density at radius 1 is 0.223 bits per heavy atom. The van der Waals surface area contributed by atoms with Crippen molar-refractivity contribution in [3.8, 4) is 39.0 Å². The normalized spacial score (nSPS) is 12.8. The lowest BCUT2D eigenvalue weighted by atomic mass is 9.98. The van der Waals surface area contributed by atoms with Crippen molar-refractivity contribution in [3.63, 3.8) is 0 Å². The highest BCUT2D eigenvalue weighted by atomic mass is 32.1. The lowest BCUT2D eigenvalue weighted by Gasteiger charge is -2.08. The van der Waals surface area contributed by atoms with Crippen LogP contribution in [0.5, 0.6) is 0 Å². The molecular formula is C78H56N8S8. The largest absolute Gasteiger partial charge is 0.278 e. The van der Waals surface area contributed by atoms with Gasteiger partial charge < -0.3 is 0 Å². The van der Waals surface area contributed by atoms with Crippen LogP contribution < -0.4 is 43.1 Å². The minimum absolute atomic E-state index is 0.966. The summed E-state index contributed by atoms with van der Waals surface area (Å²) in [7, 11) is 0. The van der Waals surface area contributed by atoms with Crippen LogP contribution in [0.4, 0.5) is 22.7 Å². The van der Waals surface area contributed by atoms with Crippen LogP contribution in [-0.2, 0) is 0 Å². The van der Waals surface area contributed by atoms with E-state index in [9.17, 15) is 0 Å². The van der Waals surface area contributed by atoms with Gasteiger partial charge in [-0.05, 0) is 186 Å². The second-order valence-corrected chi connectivity index (χ2v) is 32.9. The van der Waals surface area contributed by atoms with Gasteiger partial charge in [-0.2, -0.15) is 20.4 Å². The van der Waals surface area contributed by atoms with Crippen molar-refractivity contribution in [1.29, 1.82) is 0 Å². The van der Waals surface area contributed by atoms with Crippen LogP contribution in [0.25, 0.3) is 122 Å². The molecule has 0 saturated carbocycles. The van der Waals surface area contributed by atoms with E-state index in [-0.39, 0.29) is 0 Å². The zero-order valence-corrected chi connectivity index (χ0v) is 58.2. The van der Waals surface area contributed by atoms with Crippen molar-refractivity contribution < 1.29 is 0 Å². The Kier molecular flexibility index (Phi) is 14.9. The lowest BCUT2D eigenvalue weighted by molar-refractivity contribution is 1.25. The number of hydrogen-bond donors (Lipinski definition) is 4. The average molecular weight is 1360 g/mol. The summed E-state index contributed by atoms with van der Waals surface area (Å²) in [5.74, 6) is 0.